The molecule has 1 aliphatic heterocycles. The van der Waals surface area contributed by atoms with Crippen LogP contribution in [0.1, 0.15) is 6.92 Å². The van der Waals surface area contributed by atoms with Crippen molar-refractivity contribution >= 4 is 23.5 Å². The van der Waals surface area contributed by atoms with Crippen LogP contribution < -0.4 is 19.6 Å². The van der Waals surface area contributed by atoms with Gasteiger partial charge in [-0.3, -0.25) is 18.3 Å². The van der Waals surface area contributed by atoms with E-state index in [0.29, 0.717) is 0 Å². The molecule has 1 fully saturated rings. The van der Waals surface area contributed by atoms with Crippen molar-refractivity contribution in [3.63, 3.8) is 0 Å². The molecule has 3 unspecified atom stereocenters. The van der Waals surface area contributed by atoms with Crippen LogP contribution in [0.15, 0.2) is 0 Å². The van der Waals surface area contributed by atoms with Gasteiger partial charge in [-0.1, -0.05) is 0 Å². The Bertz CT molecular complexity index is 533. The Hall–Kier alpha value is 0.290. The highest BCUT2D eigenvalue weighted by molar-refractivity contribution is 7.64. The molecule has 13 nitrogen and oxygen atoms in total. The summed E-state index contributed by atoms with van der Waals surface area (Å²) in [6, 6.07) is 0. The van der Waals surface area contributed by atoms with Crippen molar-refractivity contribution < 1.29 is 56.3 Å². The maximum absolute atomic E-state index is 11.2. The summed E-state index contributed by atoms with van der Waals surface area (Å²) in [4.78, 5) is 43.7. The SMILES string of the molecule is C[C@@H]1O[C@H](COP(=O)([O-])OP(=O)([O-])OP(=O)([O-])[O-])C(O)N1C. The average Bonchev–Trinajstić information content (AvgIpc) is 2.49. The van der Waals surface area contributed by atoms with E-state index < -0.39 is 48.6 Å². The first-order valence-corrected chi connectivity index (χ1v) is 9.87. The van der Waals surface area contributed by atoms with Crippen molar-refractivity contribution in [2.45, 2.75) is 25.5 Å². The van der Waals surface area contributed by atoms with E-state index in [1.165, 1.54) is 11.9 Å². The molecule has 1 saturated heterocycles. The maximum atomic E-state index is 11.2. The fourth-order valence-corrected chi connectivity index (χ4v) is 4.34. The van der Waals surface area contributed by atoms with Gasteiger partial charge < -0.3 is 38.5 Å². The first kappa shape index (κ1) is 20.3. The van der Waals surface area contributed by atoms with Crippen LogP contribution in [0.4, 0.5) is 0 Å². The summed E-state index contributed by atoms with van der Waals surface area (Å²) >= 11 is 0. The van der Waals surface area contributed by atoms with Crippen LogP contribution in [0.25, 0.3) is 0 Å². The highest BCUT2D eigenvalue weighted by atomic mass is 31.3. The van der Waals surface area contributed by atoms with Gasteiger partial charge in [-0.25, -0.2) is 4.31 Å². The molecule has 1 aliphatic rings. The van der Waals surface area contributed by atoms with Crippen LogP contribution in [0, 0.1) is 0 Å². The third-order valence-corrected chi connectivity index (χ3v) is 6.16. The molecule has 0 bridgehead atoms. The third-order valence-electron chi connectivity index (χ3n) is 2.49. The zero-order valence-corrected chi connectivity index (χ0v) is 13.8. The molecule has 0 radical (unpaired) electrons. The third kappa shape index (κ3) is 6.42. The lowest BCUT2D eigenvalue weighted by Crippen LogP contribution is -2.36. The Morgan fingerprint density at radius 2 is 1.68 bits per heavy atom. The lowest BCUT2D eigenvalue weighted by Gasteiger charge is -2.37. The highest BCUT2D eigenvalue weighted by Crippen LogP contribution is 2.60. The molecule has 0 aromatic heterocycles. The Morgan fingerprint density at radius 3 is 2.09 bits per heavy atom. The van der Waals surface area contributed by atoms with Crippen molar-refractivity contribution in [1.82, 2.24) is 4.90 Å². The highest BCUT2D eigenvalue weighted by Gasteiger charge is 2.37. The van der Waals surface area contributed by atoms with Gasteiger partial charge in [-0.2, -0.15) is 0 Å². The smallest absolute Gasteiger partial charge is 0.278 e. The normalized spacial score (nSPS) is 32.6. The molecule has 1 heterocycles. The Morgan fingerprint density at radius 1 is 1.14 bits per heavy atom. The molecule has 22 heavy (non-hydrogen) atoms. The Labute approximate surface area is 124 Å². The standard InChI is InChI=1S/C6H16NO12P3/c1-4-7(2)6(8)5(17-4)3-16-21(12,13)19-22(14,15)18-20(9,10)11/h4-6,8H,3H2,1-2H3,(H,12,13)(H,14,15)(H2,9,10,11)/p-4/t4-,5+,6?/m0/s1. The lowest BCUT2D eigenvalue weighted by atomic mass is 10.3. The number of likely N-dealkylation sites (N-methyl/N-ethyl adjacent to an activating group) is 1. The second-order valence-electron chi connectivity index (χ2n) is 4.15. The van der Waals surface area contributed by atoms with Crippen LogP contribution in [0.3, 0.4) is 0 Å². The van der Waals surface area contributed by atoms with Gasteiger partial charge in [0.25, 0.3) is 15.6 Å². The summed E-state index contributed by atoms with van der Waals surface area (Å²) in [5, 5.41) is 9.64. The van der Waals surface area contributed by atoms with Gasteiger partial charge in [0.2, 0.25) is 0 Å². The van der Waals surface area contributed by atoms with Gasteiger partial charge in [0.05, 0.1) is 14.4 Å². The molecule has 132 valence electrons. The summed E-state index contributed by atoms with van der Waals surface area (Å²) in [5.41, 5.74) is 0. The van der Waals surface area contributed by atoms with Crippen LogP contribution in [0.2, 0.25) is 0 Å². The van der Waals surface area contributed by atoms with Crippen molar-refractivity contribution in [2.75, 3.05) is 13.7 Å². The molecule has 1 N–H and O–H groups in total. The van der Waals surface area contributed by atoms with E-state index in [-0.39, 0.29) is 0 Å². The summed E-state index contributed by atoms with van der Waals surface area (Å²) in [5.74, 6) is 0. The second-order valence-corrected chi connectivity index (χ2v) is 8.40. The summed E-state index contributed by atoms with van der Waals surface area (Å²) in [7, 11) is -16.1. The molecular weight excluding hydrogens is 371 g/mol. The molecule has 0 spiro atoms. The molecular formula is C6H12NO12P3-4. The number of aliphatic hydroxyl groups excluding tert-OH is 1. The Kier molecular flexibility index (Phi) is 6.51. The summed E-state index contributed by atoms with van der Waals surface area (Å²) in [6.07, 6.45) is -2.92. The molecule has 0 saturated carbocycles. The fourth-order valence-electron chi connectivity index (χ4n) is 1.47. The van der Waals surface area contributed by atoms with E-state index >= 15 is 0 Å². The number of phosphoric acid groups is 3. The molecule has 0 aliphatic carbocycles. The predicted molar refractivity (Wildman–Crippen MR) is 59.0 cm³/mol. The second kappa shape index (κ2) is 7.04. The van der Waals surface area contributed by atoms with Crippen molar-refractivity contribution in [1.29, 1.82) is 0 Å². The molecule has 0 aromatic rings. The maximum Gasteiger partial charge on any atom is 0.278 e. The minimum absolute atomic E-state index is 0.559. The first-order valence-electron chi connectivity index (χ1n) is 5.49. The summed E-state index contributed by atoms with van der Waals surface area (Å²) < 4.78 is 47.9. The van der Waals surface area contributed by atoms with Crippen LogP contribution in [-0.2, 0) is 31.6 Å². The quantitative estimate of drug-likeness (QED) is 0.431. The van der Waals surface area contributed by atoms with Crippen molar-refractivity contribution in [3.05, 3.63) is 0 Å². The number of rotatable bonds is 7. The monoisotopic (exact) mass is 383 g/mol. The van der Waals surface area contributed by atoms with Crippen molar-refractivity contribution in [2.24, 2.45) is 0 Å². The van der Waals surface area contributed by atoms with Gasteiger partial charge in [0.15, 0.2) is 0 Å². The number of ether oxygens (including phenoxy) is 1. The molecule has 1 rings (SSSR count). The Balaban J connectivity index is 2.60. The minimum atomic E-state index is -6.03. The molecule has 0 amide bonds. The fraction of sp³-hybridized carbons (Fsp3) is 1.00. The first-order chi connectivity index (χ1) is 9.72. The van der Waals surface area contributed by atoms with Gasteiger partial charge in [0, 0.05) is 0 Å². The largest absolute Gasteiger partial charge is 0.790 e. The zero-order valence-electron chi connectivity index (χ0n) is 11.2. The molecule has 5 atom stereocenters. The lowest BCUT2D eigenvalue weighted by molar-refractivity contribution is -0.339. The van der Waals surface area contributed by atoms with E-state index in [1.54, 1.807) is 6.92 Å². The van der Waals surface area contributed by atoms with E-state index in [1.807, 2.05) is 0 Å². The number of phosphoric ester groups is 1. The van der Waals surface area contributed by atoms with E-state index in [9.17, 15) is 38.4 Å². The number of nitrogens with zero attached hydrogens (tertiary/aromatic N) is 1. The average molecular weight is 383 g/mol. The number of hydrogen-bond acceptors (Lipinski definition) is 13. The molecule has 16 heteroatoms. The molecule has 0 aromatic carbocycles. The predicted octanol–water partition coefficient (Wildman–Crippen LogP) is -3.20. The van der Waals surface area contributed by atoms with E-state index in [2.05, 4.69) is 13.1 Å². The van der Waals surface area contributed by atoms with Gasteiger partial charge in [-0.15, -0.1) is 0 Å². The van der Waals surface area contributed by atoms with Crippen LogP contribution in [0.5, 0.6) is 0 Å². The zero-order chi connectivity index (χ0) is 17.3. The van der Waals surface area contributed by atoms with Crippen LogP contribution in [-0.4, -0.2) is 42.2 Å². The van der Waals surface area contributed by atoms with Gasteiger partial charge >= 0.3 is 0 Å². The van der Waals surface area contributed by atoms with E-state index in [0.717, 1.165) is 0 Å². The van der Waals surface area contributed by atoms with Crippen molar-refractivity contribution in [3.8, 4) is 0 Å². The van der Waals surface area contributed by atoms with Crippen LogP contribution >= 0.6 is 23.5 Å². The minimum Gasteiger partial charge on any atom is -0.790 e. The van der Waals surface area contributed by atoms with Gasteiger partial charge in [0.1, 0.15) is 18.6 Å². The van der Waals surface area contributed by atoms with Gasteiger partial charge in [-0.05, 0) is 14.0 Å². The number of aliphatic hydroxyl groups is 1. The summed E-state index contributed by atoms with van der Waals surface area (Å²) in [6.45, 7) is 0.735. The number of hydrogen-bond donors (Lipinski definition) is 1. The topological polar surface area (TPSA) is 204 Å². The van der Waals surface area contributed by atoms with E-state index in [4.69, 9.17) is 4.74 Å².